The van der Waals surface area contributed by atoms with E-state index < -0.39 is 9.84 Å². The molecular formula is C16H25NO2S. The zero-order valence-corrected chi connectivity index (χ0v) is 13.4. The Morgan fingerprint density at radius 1 is 1.25 bits per heavy atom. The molecule has 0 aromatic heterocycles. The smallest absolute Gasteiger partial charge is 0.150 e. The van der Waals surface area contributed by atoms with Crippen molar-refractivity contribution >= 4 is 9.84 Å². The van der Waals surface area contributed by atoms with Crippen LogP contribution in [-0.2, 0) is 9.84 Å². The minimum absolute atomic E-state index is 0.0561. The Bertz CT molecular complexity index is 580. The highest BCUT2D eigenvalue weighted by Crippen LogP contribution is 2.36. The van der Waals surface area contributed by atoms with Crippen molar-refractivity contribution in [3.05, 3.63) is 34.9 Å². The van der Waals surface area contributed by atoms with Crippen molar-refractivity contribution in [2.24, 2.45) is 11.7 Å². The molecular weight excluding hydrogens is 270 g/mol. The summed E-state index contributed by atoms with van der Waals surface area (Å²) >= 11 is 0. The number of sulfone groups is 1. The highest BCUT2D eigenvalue weighted by molar-refractivity contribution is 7.91. The van der Waals surface area contributed by atoms with Gasteiger partial charge in [-0.2, -0.15) is 0 Å². The second-order valence-electron chi connectivity index (χ2n) is 6.19. The number of rotatable bonds is 3. The van der Waals surface area contributed by atoms with E-state index in [9.17, 15) is 8.42 Å². The molecule has 0 radical (unpaired) electrons. The fraction of sp³-hybridized carbons (Fsp3) is 0.625. The average molecular weight is 295 g/mol. The molecule has 1 saturated carbocycles. The molecule has 3 nitrogen and oxygen atoms in total. The normalized spacial score (nSPS) is 25.4. The SMILES string of the molecule is Cc1cccc(C(N)C2CCCC(S(C)(=O)=O)C2)c1C. The lowest BCUT2D eigenvalue weighted by atomic mass is 9.80. The number of hydrogen-bond donors (Lipinski definition) is 1. The molecule has 0 aliphatic heterocycles. The summed E-state index contributed by atoms with van der Waals surface area (Å²) in [5.41, 5.74) is 10.1. The second kappa shape index (κ2) is 5.86. The zero-order chi connectivity index (χ0) is 14.9. The van der Waals surface area contributed by atoms with E-state index in [2.05, 4.69) is 26.0 Å². The summed E-state index contributed by atoms with van der Waals surface area (Å²) in [5.74, 6) is 0.268. The molecule has 1 fully saturated rings. The Morgan fingerprint density at radius 3 is 2.60 bits per heavy atom. The van der Waals surface area contributed by atoms with Gasteiger partial charge in [-0.1, -0.05) is 24.6 Å². The van der Waals surface area contributed by atoms with Crippen LogP contribution in [0.5, 0.6) is 0 Å². The van der Waals surface area contributed by atoms with Gasteiger partial charge in [-0.25, -0.2) is 8.42 Å². The molecule has 0 saturated heterocycles. The molecule has 0 bridgehead atoms. The topological polar surface area (TPSA) is 60.2 Å². The van der Waals surface area contributed by atoms with Gasteiger partial charge in [0.25, 0.3) is 0 Å². The van der Waals surface area contributed by atoms with Crippen molar-refractivity contribution in [2.45, 2.75) is 50.8 Å². The van der Waals surface area contributed by atoms with Gasteiger partial charge in [0.15, 0.2) is 0 Å². The van der Waals surface area contributed by atoms with Crippen molar-refractivity contribution < 1.29 is 8.42 Å². The first-order valence-electron chi connectivity index (χ1n) is 7.31. The van der Waals surface area contributed by atoms with Gasteiger partial charge in [0.05, 0.1) is 5.25 Å². The van der Waals surface area contributed by atoms with Crippen LogP contribution in [0, 0.1) is 19.8 Å². The molecule has 2 rings (SSSR count). The third-order valence-electron chi connectivity index (χ3n) is 4.79. The van der Waals surface area contributed by atoms with Crippen molar-refractivity contribution in [1.29, 1.82) is 0 Å². The lowest BCUT2D eigenvalue weighted by molar-refractivity contribution is 0.308. The summed E-state index contributed by atoms with van der Waals surface area (Å²) in [6, 6.07) is 6.15. The van der Waals surface area contributed by atoms with Crippen molar-refractivity contribution in [1.82, 2.24) is 0 Å². The van der Waals surface area contributed by atoms with Crippen LogP contribution in [0.3, 0.4) is 0 Å². The Hall–Kier alpha value is -0.870. The van der Waals surface area contributed by atoms with Crippen LogP contribution in [0.15, 0.2) is 18.2 Å². The van der Waals surface area contributed by atoms with Crippen LogP contribution in [-0.4, -0.2) is 19.9 Å². The fourth-order valence-corrected chi connectivity index (χ4v) is 4.48. The highest BCUT2D eigenvalue weighted by Gasteiger charge is 2.32. The maximum Gasteiger partial charge on any atom is 0.150 e. The summed E-state index contributed by atoms with van der Waals surface area (Å²) in [6.45, 7) is 4.19. The maximum absolute atomic E-state index is 11.8. The third-order valence-corrected chi connectivity index (χ3v) is 6.42. The standard InChI is InChI=1S/C16H25NO2S/c1-11-6-4-9-15(12(11)2)16(17)13-7-5-8-14(10-13)20(3,18)19/h4,6,9,13-14,16H,5,7-8,10,17H2,1-3H3. The molecule has 0 heterocycles. The van der Waals surface area contributed by atoms with Crippen LogP contribution >= 0.6 is 0 Å². The summed E-state index contributed by atoms with van der Waals surface area (Å²) in [5, 5.41) is -0.211. The van der Waals surface area contributed by atoms with Crippen LogP contribution in [0.2, 0.25) is 0 Å². The first kappa shape index (κ1) is 15.5. The van der Waals surface area contributed by atoms with Gasteiger partial charge < -0.3 is 5.73 Å². The molecule has 4 heteroatoms. The number of aryl methyl sites for hydroxylation is 1. The predicted octanol–water partition coefficient (Wildman–Crippen LogP) is 2.91. The van der Waals surface area contributed by atoms with E-state index in [1.54, 1.807) is 0 Å². The zero-order valence-electron chi connectivity index (χ0n) is 12.6. The molecule has 3 unspecified atom stereocenters. The number of benzene rings is 1. The summed E-state index contributed by atoms with van der Waals surface area (Å²) < 4.78 is 23.5. The van der Waals surface area contributed by atoms with E-state index in [-0.39, 0.29) is 17.2 Å². The Labute approximate surface area is 122 Å². The molecule has 3 atom stereocenters. The van der Waals surface area contributed by atoms with Crippen LogP contribution in [0.25, 0.3) is 0 Å². The van der Waals surface area contributed by atoms with Gasteiger partial charge in [0.1, 0.15) is 9.84 Å². The van der Waals surface area contributed by atoms with Gasteiger partial charge in [-0.3, -0.25) is 0 Å². The average Bonchev–Trinajstić information content (AvgIpc) is 2.40. The van der Waals surface area contributed by atoms with E-state index in [1.807, 2.05) is 6.07 Å². The van der Waals surface area contributed by atoms with Crippen molar-refractivity contribution in [3.63, 3.8) is 0 Å². The molecule has 20 heavy (non-hydrogen) atoms. The first-order chi connectivity index (χ1) is 9.30. The van der Waals surface area contributed by atoms with Crippen LogP contribution in [0.4, 0.5) is 0 Å². The monoisotopic (exact) mass is 295 g/mol. The largest absolute Gasteiger partial charge is 0.324 e. The fourth-order valence-electron chi connectivity index (χ4n) is 3.28. The van der Waals surface area contributed by atoms with Crippen molar-refractivity contribution in [3.8, 4) is 0 Å². The van der Waals surface area contributed by atoms with E-state index in [4.69, 9.17) is 5.73 Å². The van der Waals surface area contributed by atoms with E-state index in [1.165, 1.54) is 22.9 Å². The Kier molecular flexibility index (Phi) is 4.55. The van der Waals surface area contributed by atoms with Crippen molar-refractivity contribution in [2.75, 3.05) is 6.26 Å². The van der Waals surface area contributed by atoms with Gasteiger partial charge >= 0.3 is 0 Å². The summed E-state index contributed by atoms with van der Waals surface area (Å²) in [4.78, 5) is 0. The molecule has 0 spiro atoms. The lowest BCUT2D eigenvalue weighted by Crippen LogP contribution is -2.33. The minimum atomic E-state index is -2.95. The van der Waals surface area contributed by atoms with Crippen LogP contribution < -0.4 is 5.73 Å². The second-order valence-corrected chi connectivity index (χ2v) is 8.52. The molecule has 1 aromatic carbocycles. The molecule has 112 valence electrons. The Morgan fingerprint density at radius 2 is 1.95 bits per heavy atom. The molecule has 1 aliphatic rings. The number of nitrogens with two attached hydrogens (primary N) is 1. The van der Waals surface area contributed by atoms with Gasteiger partial charge in [0, 0.05) is 12.3 Å². The molecule has 2 N–H and O–H groups in total. The molecule has 0 amide bonds. The maximum atomic E-state index is 11.8. The lowest BCUT2D eigenvalue weighted by Gasteiger charge is -2.33. The molecule has 1 aliphatic carbocycles. The van der Waals surface area contributed by atoms with E-state index in [0.29, 0.717) is 6.42 Å². The highest BCUT2D eigenvalue weighted by atomic mass is 32.2. The van der Waals surface area contributed by atoms with Gasteiger partial charge in [-0.15, -0.1) is 0 Å². The number of hydrogen-bond acceptors (Lipinski definition) is 3. The predicted molar refractivity (Wildman–Crippen MR) is 83.4 cm³/mol. The summed E-state index contributed by atoms with van der Waals surface area (Å²) in [6.07, 6.45) is 4.83. The molecule has 1 aromatic rings. The first-order valence-corrected chi connectivity index (χ1v) is 9.26. The summed E-state index contributed by atoms with van der Waals surface area (Å²) in [7, 11) is -2.95. The van der Waals surface area contributed by atoms with E-state index in [0.717, 1.165) is 19.3 Å². The third kappa shape index (κ3) is 3.23. The quantitative estimate of drug-likeness (QED) is 0.932. The van der Waals surface area contributed by atoms with E-state index >= 15 is 0 Å². The minimum Gasteiger partial charge on any atom is -0.324 e. The van der Waals surface area contributed by atoms with Gasteiger partial charge in [0.2, 0.25) is 0 Å². The van der Waals surface area contributed by atoms with Gasteiger partial charge in [-0.05, 0) is 55.7 Å². The van der Waals surface area contributed by atoms with Crippen LogP contribution in [0.1, 0.15) is 48.4 Å². The Balaban J connectivity index is 2.21.